The number of benzene rings is 1. The van der Waals surface area contributed by atoms with Crippen LogP contribution in [0, 0.1) is 0 Å². The van der Waals surface area contributed by atoms with E-state index in [0.717, 1.165) is 30.9 Å². The summed E-state index contributed by atoms with van der Waals surface area (Å²) in [5.74, 6) is 0.977. The molecule has 0 saturated carbocycles. The van der Waals surface area contributed by atoms with Crippen molar-refractivity contribution >= 4 is 11.2 Å². The first-order valence-electron chi connectivity index (χ1n) is 6.37. The number of rotatable bonds is 1. The molecule has 0 spiro atoms. The topological polar surface area (TPSA) is 52.7 Å². The minimum Gasteiger partial charge on any atom is -0.312 e. The van der Waals surface area contributed by atoms with E-state index in [4.69, 9.17) is 0 Å². The fourth-order valence-electron chi connectivity index (χ4n) is 2.64. The Morgan fingerprint density at radius 2 is 2.00 bits per heavy atom. The van der Waals surface area contributed by atoms with E-state index in [1.54, 1.807) is 10.9 Å². The minimum absolute atomic E-state index is 0.0990. The van der Waals surface area contributed by atoms with E-state index in [1.807, 2.05) is 34.9 Å². The molecule has 5 nitrogen and oxygen atoms in total. The number of aryl methyl sites for hydroxylation is 2. The summed E-state index contributed by atoms with van der Waals surface area (Å²) in [6, 6.07) is 9.50. The number of fused-ring (bicyclic) bond motifs is 3. The quantitative estimate of drug-likeness (QED) is 0.660. The standard InChI is InChI=1S/C14H12N4O/c19-14-12-13(17-8-4-7-11(17)16-12)15-9-18(14)10-5-2-1-3-6-10/h1-3,5-6,9H,4,7-8H2. The first kappa shape index (κ1) is 10.5. The van der Waals surface area contributed by atoms with Gasteiger partial charge in [-0.1, -0.05) is 18.2 Å². The molecule has 3 aromatic rings. The van der Waals surface area contributed by atoms with Crippen LogP contribution in [-0.4, -0.2) is 19.1 Å². The molecule has 19 heavy (non-hydrogen) atoms. The fraction of sp³-hybridized carbons (Fsp3) is 0.214. The molecule has 0 N–H and O–H groups in total. The highest BCUT2D eigenvalue weighted by Gasteiger charge is 2.19. The van der Waals surface area contributed by atoms with Gasteiger partial charge in [0.2, 0.25) is 0 Å². The van der Waals surface area contributed by atoms with Crippen LogP contribution >= 0.6 is 0 Å². The predicted molar refractivity (Wildman–Crippen MR) is 71.4 cm³/mol. The number of imidazole rings is 1. The lowest BCUT2D eigenvalue weighted by atomic mass is 10.3. The van der Waals surface area contributed by atoms with Gasteiger partial charge in [-0.25, -0.2) is 9.97 Å². The molecule has 1 aliphatic heterocycles. The minimum atomic E-state index is -0.0990. The Morgan fingerprint density at radius 3 is 2.84 bits per heavy atom. The van der Waals surface area contributed by atoms with Crippen molar-refractivity contribution in [3.63, 3.8) is 0 Å². The zero-order valence-corrected chi connectivity index (χ0v) is 10.3. The Labute approximate surface area is 109 Å². The van der Waals surface area contributed by atoms with Gasteiger partial charge in [-0.3, -0.25) is 9.36 Å². The van der Waals surface area contributed by atoms with Crippen molar-refractivity contribution in [2.75, 3.05) is 0 Å². The molecule has 1 aliphatic rings. The van der Waals surface area contributed by atoms with Gasteiger partial charge in [0.25, 0.3) is 5.56 Å². The highest BCUT2D eigenvalue weighted by atomic mass is 16.1. The van der Waals surface area contributed by atoms with E-state index in [0.29, 0.717) is 11.2 Å². The van der Waals surface area contributed by atoms with Crippen molar-refractivity contribution in [1.29, 1.82) is 0 Å². The lowest BCUT2D eigenvalue weighted by molar-refractivity contribution is 0.761. The van der Waals surface area contributed by atoms with Gasteiger partial charge in [-0.05, 0) is 18.6 Å². The zero-order valence-electron chi connectivity index (χ0n) is 10.3. The molecule has 94 valence electrons. The third-order valence-corrected chi connectivity index (χ3v) is 3.55. The highest BCUT2D eigenvalue weighted by Crippen LogP contribution is 2.19. The molecule has 0 fully saturated rings. The van der Waals surface area contributed by atoms with Gasteiger partial charge in [0.05, 0.1) is 5.69 Å². The first-order valence-corrected chi connectivity index (χ1v) is 6.37. The maximum Gasteiger partial charge on any atom is 0.286 e. The Balaban J connectivity index is 2.01. The molecule has 5 heteroatoms. The van der Waals surface area contributed by atoms with E-state index in [9.17, 15) is 4.79 Å². The van der Waals surface area contributed by atoms with Gasteiger partial charge in [0, 0.05) is 13.0 Å². The molecule has 0 saturated heterocycles. The molecule has 0 bridgehead atoms. The van der Waals surface area contributed by atoms with Crippen LogP contribution in [0.4, 0.5) is 0 Å². The number of para-hydroxylation sites is 1. The van der Waals surface area contributed by atoms with Gasteiger partial charge in [-0.15, -0.1) is 0 Å². The summed E-state index contributed by atoms with van der Waals surface area (Å²) in [6.45, 7) is 0.910. The SMILES string of the molecule is O=c1c2nc3n(c2ncn1-c1ccccc1)CCC3. The van der Waals surface area contributed by atoms with E-state index in [1.165, 1.54) is 0 Å². The lowest BCUT2D eigenvalue weighted by Gasteiger charge is -2.04. The van der Waals surface area contributed by atoms with Gasteiger partial charge in [0.15, 0.2) is 11.2 Å². The molecule has 4 rings (SSSR count). The van der Waals surface area contributed by atoms with Crippen molar-refractivity contribution in [3.8, 4) is 5.69 Å². The maximum absolute atomic E-state index is 12.5. The van der Waals surface area contributed by atoms with Gasteiger partial charge >= 0.3 is 0 Å². The van der Waals surface area contributed by atoms with Crippen molar-refractivity contribution in [2.24, 2.45) is 0 Å². The lowest BCUT2D eigenvalue weighted by Crippen LogP contribution is -2.19. The number of hydrogen-bond acceptors (Lipinski definition) is 3. The predicted octanol–water partition coefficient (Wildman–Crippen LogP) is 1.53. The number of aromatic nitrogens is 4. The summed E-state index contributed by atoms with van der Waals surface area (Å²) < 4.78 is 3.59. The molecule has 0 atom stereocenters. The Hall–Kier alpha value is -2.43. The fourth-order valence-corrected chi connectivity index (χ4v) is 2.64. The largest absolute Gasteiger partial charge is 0.312 e. The highest BCUT2D eigenvalue weighted by molar-refractivity contribution is 5.71. The molecule has 0 radical (unpaired) electrons. The van der Waals surface area contributed by atoms with Crippen LogP contribution in [0.2, 0.25) is 0 Å². The third kappa shape index (κ3) is 1.44. The van der Waals surface area contributed by atoms with Gasteiger partial charge < -0.3 is 4.57 Å². The monoisotopic (exact) mass is 252 g/mol. The molecule has 2 aromatic heterocycles. The smallest absolute Gasteiger partial charge is 0.286 e. The van der Waals surface area contributed by atoms with Crippen LogP contribution < -0.4 is 5.56 Å². The molecule has 3 heterocycles. The van der Waals surface area contributed by atoms with E-state index >= 15 is 0 Å². The molecule has 0 unspecified atom stereocenters. The van der Waals surface area contributed by atoms with Crippen molar-refractivity contribution in [1.82, 2.24) is 19.1 Å². The first-order chi connectivity index (χ1) is 9.34. The summed E-state index contributed by atoms with van der Waals surface area (Å²) in [4.78, 5) is 21.3. The summed E-state index contributed by atoms with van der Waals surface area (Å²) >= 11 is 0. The molecule has 1 aromatic carbocycles. The normalized spacial score (nSPS) is 13.9. The summed E-state index contributed by atoms with van der Waals surface area (Å²) in [7, 11) is 0. The summed E-state index contributed by atoms with van der Waals surface area (Å²) in [5.41, 5.74) is 1.90. The second-order valence-corrected chi connectivity index (χ2v) is 4.71. The summed E-state index contributed by atoms with van der Waals surface area (Å²) in [6.07, 6.45) is 3.61. The molecular formula is C14H12N4O. The number of nitrogens with zero attached hydrogens (tertiary/aromatic N) is 4. The van der Waals surface area contributed by atoms with Crippen LogP contribution in [0.1, 0.15) is 12.2 Å². The number of hydrogen-bond donors (Lipinski definition) is 0. The zero-order chi connectivity index (χ0) is 12.8. The Bertz CT molecular complexity index is 817. The Morgan fingerprint density at radius 1 is 1.16 bits per heavy atom. The third-order valence-electron chi connectivity index (χ3n) is 3.55. The Kier molecular flexibility index (Phi) is 2.09. The summed E-state index contributed by atoms with van der Waals surface area (Å²) in [5, 5.41) is 0. The van der Waals surface area contributed by atoms with Crippen molar-refractivity contribution in [3.05, 3.63) is 52.8 Å². The van der Waals surface area contributed by atoms with E-state index in [2.05, 4.69) is 9.97 Å². The second-order valence-electron chi connectivity index (χ2n) is 4.71. The molecular weight excluding hydrogens is 240 g/mol. The van der Waals surface area contributed by atoms with Crippen LogP contribution in [-0.2, 0) is 13.0 Å². The van der Waals surface area contributed by atoms with Crippen LogP contribution in [0.3, 0.4) is 0 Å². The van der Waals surface area contributed by atoms with Gasteiger partial charge in [0.1, 0.15) is 12.2 Å². The van der Waals surface area contributed by atoms with Crippen LogP contribution in [0.5, 0.6) is 0 Å². The van der Waals surface area contributed by atoms with E-state index < -0.39 is 0 Å². The van der Waals surface area contributed by atoms with E-state index in [-0.39, 0.29) is 5.56 Å². The van der Waals surface area contributed by atoms with Crippen molar-refractivity contribution < 1.29 is 0 Å². The van der Waals surface area contributed by atoms with Gasteiger partial charge in [-0.2, -0.15) is 0 Å². The van der Waals surface area contributed by atoms with Crippen LogP contribution in [0.25, 0.3) is 16.9 Å². The van der Waals surface area contributed by atoms with Crippen LogP contribution in [0.15, 0.2) is 41.5 Å². The molecule has 0 aliphatic carbocycles. The maximum atomic E-state index is 12.5. The van der Waals surface area contributed by atoms with Crippen molar-refractivity contribution in [2.45, 2.75) is 19.4 Å². The average Bonchev–Trinajstić information content (AvgIpc) is 3.02. The average molecular weight is 252 g/mol. The second kappa shape index (κ2) is 3.78. The molecule has 0 amide bonds.